The zero-order chi connectivity index (χ0) is 14.6. The van der Waals surface area contributed by atoms with Gasteiger partial charge in [-0.05, 0) is 40.9 Å². The first kappa shape index (κ1) is 15.9. The summed E-state index contributed by atoms with van der Waals surface area (Å²) in [6.45, 7) is 7.05. The van der Waals surface area contributed by atoms with E-state index in [2.05, 4.69) is 24.1 Å². The Kier molecular flexibility index (Phi) is 5.32. The minimum absolute atomic E-state index is 0.0250. The molecule has 1 atom stereocenters. The van der Waals surface area contributed by atoms with Crippen molar-refractivity contribution in [2.75, 3.05) is 27.7 Å². The minimum atomic E-state index is -0.234. The molecule has 1 N–H and O–H groups in total. The van der Waals surface area contributed by atoms with Gasteiger partial charge in [0.2, 0.25) is 0 Å². The van der Waals surface area contributed by atoms with E-state index in [4.69, 9.17) is 4.74 Å². The average molecular weight is 268 g/mol. The first-order valence-corrected chi connectivity index (χ1v) is 6.52. The number of methoxy groups -OCH3 is 1. The van der Waals surface area contributed by atoms with Crippen LogP contribution in [0.1, 0.15) is 32.4 Å². The number of likely N-dealkylation sites (N-methyl/N-ethyl adjacent to an activating group) is 1. The summed E-state index contributed by atoms with van der Waals surface area (Å²) in [4.78, 5) is 2.15. The maximum Gasteiger partial charge on any atom is 0.131 e. The van der Waals surface area contributed by atoms with Gasteiger partial charge < -0.3 is 15.0 Å². The number of rotatable bonds is 6. The summed E-state index contributed by atoms with van der Waals surface area (Å²) in [5.74, 6) is 0.309. The Hall–Kier alpha value is -1.13. The third-order valence-corrected chi connectivity index (χ3v) is 3.73. The van der Waals surface area contributed by atoms with E-state index < -0.39 is 0 Å². The molecule has 0 aliphatic carbocycles. The molecule has 0 fully saturated rings. The molecule has 19 heavy (non-hydrogen) atoms. The normalized spacial score (nSPS) is 13.7. The Balaban J connectivity index is 2.71. The van der Waals surface area contributed by atoms with E-state index in [1.54, 1.807) is 12.1 Å². The Bertz CT molecular complexity index is 419. The Morgan fingerprint density at radius 2 is 2.00 bits per heavy atom. The van der Waals surface area contributed by atoms with Crippen LogP contribution in [-0.2, 0) is 0 Å². The molecule has 4 heteroatoms. The van der Waals surface area contributed by atoms with Crippen molar-refractivity contribution in [3.63, 3.8) is 0 Å². The summed E-state index contributed by atoms with van der Waals surface area (Å²) in [5.41, 5.74) is 0.687. The van der Waals surface area contributed by atoms with Gasteiger partial charge in [0.1, 0.15) is 11.6 Å². The van der Waals surface area contributed by atoms with Crippen molar-refractivity contribution in [1.82, 2.24) is 10.2 Å². The molecule has 108 valence electrons. The molecular weight excluding hydrogens is 243 g/mol. The van der Waals surface area contributed by atoms with E-state index in [0.29, 0.717) is 11.3 Å². The van der Waals surface area contributed by atoms with E-state index in [1.807, 2.05) is 21.0 Å². The van der Waals surface area contributed by atoms with Crippen molar-refractivity contribution in [3.8, 4) is 5.75 Å². The second kappa shape index (κ2) is 6.35. The van der Waals surface area contributed by atoms with Gasteiger partial charge in [-0.25, -0.2) is 4.39 Å². The van der Waals surface area contributed by atoms with E-state index >= 15 is 0 Å². The topological polar surface area (TPSA) is 24.5 Å². The number of nitrogens with one attached hydrogen (secondary N) is 1. The summed E-state index contributed by atoms with van der Waals surface area (Å²) < 4.78 is 18.9. The van der Waals surface area contributed by atoms with Gasteiger partial charge in [-0.3, -0.25) is 0 Å². The minimum Gasteiger partial charge on any atom is -0.497 e. The Labute approximate surface area is 115 Å². The van der Waals surface area contributed by atoms with Crippen molar-refractivity contribution in [3.05, 3.63) is 29.6 Å². The fourth-order valence-corrected chi connectivity index (χ4v) is 1.66. The number of hydrogen-bond acceptors (Lipinski definition) is 3. The van der Waals surface area contributed by atoms with Crippen molar-refractivity contribution in [2.45, 2.75) is 32.4 Å². The first-order valence-electron chi connectivity index (χ1n) is 6.52. The van der Waals surface area contributed by atoms with Crippen LogP contribution >= 0.6 is 0 Å². The highest BCUT2D eigenvalue weighted by molar-refractivity contribution is 5.30. The smallest absolute Gasteiger partial charge is 0.131 e. The quantitative estimate of drug-likeness (QED) is 0.858. The van der Waals surface area contributed by atoms with Crippen LogP contribution in [0.2, 0.25) is 0 Å². The molecule has 0 amide bonds. The summed E-state index contributed by atoms with van der Waals surface area (Å²) >= 11 is 0. The summed E-state index contributed by atoms with van der Waals surface area (Å²) in [6, 6.07) is 4.94. The zero-order valence-electron chi connectivity index (χ0n) is 12.7. The number of halogens is 1. The molecule has 0 bridgehead atoms. The molecule has 0 aliphatic rings. The van der Waals surface area contributed by atoms with Crippen molar-refractivity contribution in [2.24, 2.45) is 0 Å². The van der Waals surface area contributed by atoms with E-state index in [-0.39, 0.29) is 17.4 Å². The van der Waals surface area contributed by atoms with Crippen LogP contribution in [0.3, 0.4) is 0 Å². The molecule has 1 rings (SSSR count). The molecule has 0 saturated heterocycles. The van der Waals surface area contributed by atoms with Crippen LogP contribution in [0.25, 0.3) is 0 Å². The van der Waals surface area contributed by atoms with E-state index in [1.165, 1.54) is 13.2 Å². The van der Waals surface area contributed by atoms with Crippen LogP contribution in [0.4, 0.5) is 4.39 Å². The molecule has 3 nitrogen and oxygen atoms in total. The molecule has 0 saturated carbocycles. The third kappa shape index (κ3) is 4.18. The zero-order valence-corrected chi connectivity index (χ0v) is 12.7. The highest BCUT2D eigenvalue weighted by Gasteiger charge is 2.21. The Morgan fingerprint density at radius 1 is 1.37 bits per heavy atom. The lowest BCUT2D eigenvalue weighted by atomic mass is 10.0. The molecule has 0 spiro atoms. The summed E-state index contributed by atoms with van der Waals surface area (Å²) in [5, 5.41) is 3.38. The highest BCUT2D eigenvalue weighted by atomic mass is 19.1. The molecular formula is C15H25FN2O. The maximum absolute atomic E-state index is 13.9. The second-order valence-corrected chi connectivity index (χ2v) is 5.70. The second-order valence-electron chi connectivity index (χ2n) is 5.70. The van der Waals surface area contributed by atoms with Gasteiger partial charge in [-0.1, -0.05) is 6.07 Å². The first-order chi connectivity index (χ1) is 8.77. The van der Waals surface area contributed by atoms with E-state index in [0.717, 1.165) is 6.54 Å². The average Bonchev–Trinajstić information content (AvgIpc) is 2.35. The number of benzene rings is 1. The largest absolute Gasteiger partial charge is 0.497 e. The van der Waals surface area contributed by atoms with Crippen LogP contribution in [0, 0.1) is 5.82 Å². The number of hydrogen-bond donors (Lipinski definition) is 1. The van der Waals surface area contributed by atoms with Crippen molar-refractivity contribution >= 4 is 0 Å². The molecule has 1 unspecified atom stereocenters. The molecule has 1 aromatic rings. The van der Waals surface area contributed by atoms with Crippen LogP contribution in [0.15, 0.2) is 18.2 Å². The SMILES string of the molecule is COc1ccc(C(C)NCC(C)(C)N(C)C)c(F)c1. The monoisotopic (exact) mass is 268 g/mol. The predicted octanol–water partition coefficient (Wildman–Crippen LogP) is 2.83. The van der Waals surface area contributed by atoms with Gasteiger partial charge in [0.25, 0.3) is 0 Å². The number of nitrogens with zero attached hydrogens (tertiary/aromatic N) is 1. The fourth-order valence-electron chi connectivity index (χ4n) is 1.66. The standard InChI is InChI=1S/C15H25FN2O/c1-11(17-10-15(2,3)18(4)5)13-8-7-12(19-6)9-14(13)16/h7-9,11,17H,10H2,1-6H3. The lowest BCUT2D eigenvalue weighted by molar-refractivity contribution is 0.185. The predicted molar refractivity (Wildman–Crippen MR) is 77.1 cm³/mol. The van der Waals surface area contributed by atoms with Gasteiger partial charge in [0.15, 0.2) is 0 Å². The maximum atomic E-state index is 13.9. The van der Waals surface area contributed by atoms with Crippen LogP contribution in [0.5, 0.6) is 5.75 Å². The van der Waals surface area contributed by atoms with Gasteiger partial charge in [-0.2, -0.15) is 0 Å². The molecule has 1 aromatic carbocycles. The van der Waals surface area contributed by atoms with Crippen molar-refractivity contribution < 1.29 is 9.13 Å². The lowest BCUT2D eigenvalue weighted by Gasteiger charge is -2.34. The summed E-state index contributed by atoms with van der Waals surface area (Å²) in [6.07, 6.45) is 0. The van der Waals surface area contributed by atoms with Crippen LogP contribution in [-0.4, -0.2) is 38.2 Å². The van der Waals surface area contributed by atoms with Gasteiger partial charge >= 0.3 is 0 Å². The molecule has 0 aromatic heterocycles. The van der Waals surface area contributed by atoms with Gasteiger partial charge in [0, 0.05) is 29.8 Å². The fraction of sp³-hybridized carbons (Fsp3) is 0.600. The lowest BCUT2D eigenvalue weighted by Crippen LogP contribution is -2.47. The molecule has 0 radical (unpaired) electrons. The van der Waals surface area contributed by atoms with Crippen molar-refractivity contribution in [1.29, 1.82) is 0 Å². The molecule has 0 aliphatic heterocycles. The summed E-state index contributed by atoms with van der Waals surface area (Å²) in [7, 11) is 5.62. The Morgan fingerprint density at radius 3 is 2.47 bits per heavy atom. The number of ether oxygens (including phenoxy) is 1. The van der Waals surface area contributed by atoms with Gasteiger partial charge in [-0.15, -0.1) is 0 Å². The molecule has 0 heterocycles. The third-order valence-electron chi connectivity index (χ3n) is 3.73. The highest BCUT2D eigenvalue weighted by Crippen LogP contribution is 2.22. The van der Waals surface area contributed by atoms with Crippen LogP contribution < -0.4 is 10.1 Å². The van der Waals surface area contributed by atoms with Gasteiger partial charge in [0.05, 0.1) is 7.11 Å². The van der Waals surface area contributed by atoms with E-state index in [9.17, 15) is 4.39 Å².